The van der Waals surface area contributed by atoms with Gasteiger partial charge in [0.1, 0.15) is 5.82 Å². The lowest BCUT2D eigenvalue weighted by Gasteiger charge is -2.14. The zero-order valence-corrected chi connectivity index (χ0v) is 10.7. The molecule has 1 aliphatic heterocycles. The Bertz CT molecular complexity index is 418. The smallest absolute Gasteiger partial charge is 0.219 e. The van der Waals surface area contributed by atoms with Crippen LogP contribution in [0, 0.1) is 11.8 Å². The van der Waals surface area contributed by atoms with Crippen molar-refractivity contribution in [1.29, 1.82) is 0 Å². The van der Waals surface area contributed by atoms with Crippen molar-refractivity contribution in [2.75, 3.05) is 13.1 Å². The summed E-state index contributed by atoms with van der Waals surface area (Å²) in [6, 6.07) is 1.82. The maximum atomic E-state index is 11.5. The molecule has 1 fully saturated rings. The van der Waals surface area contributed by atoms with Gasteiger partial charge in [0.15, 0.2) is 0 Å². The number of carbonyl (C=O) groups excluding carboxylic acids is 1. The Labute approximate surface area is 108 Å². The summed E-state index contributed by atoms with van der Waals surface area (Å²) in [5, 5.41) is 0. The first-order valence-electron chi connectivity index (χ1n) is 6.33. The predicted octanol–water partition coefficient (Wildman–Crippen LogP) is 1.69. The van der Waals surface area contributed by atoms with E-state index in [1.54, 1.807) is 19.3 Å². The number of hydrogen-bond donors (Lipinski definition) is 0. The van der Waals surface area contributed by atoms with E-state index in [9.17, 15) is 4.79 Å². The van der Waals surface area contributed by atoms with Gasteiger partial charge in [-0.1, -0.05) is 6.08 Å². The van der Waals surface area contributed by atoms with E-state index in [2.05, 4.69) is 16.5 Å². The van der Waals surface area contributed by atoms with Crippen LogP contribution in [0.3, 0.4) is 0 Å². The van der Waals surface area contributed by atoms with Gasteiger partial charge in [-0.3, -0.25) is 4.79 Å². The van der Waals surface area contributed by atoms with Gasteiger partial charge in [0.25, 0.3) is 0 Å². The maximum absolute atomic E-state index is 11.5. The molecule has 0 radical (unpaired) electrons. The fraction of sp³-hybridized carbons (Fsp3) is 0.500. The molecule has 0 spiro atoms. The number of aromatic nitrogens is 2. The van der Waals surface area contributed by atoms with Gasteiger partial charge in [-0.25, -0.2) is 9.97 Å². The van der Waals surface area contributed by atoms with Crippen molar-refractivity contribution in [2.24, 2.45) is 11.8 Å². The van der Waals surface area contributed by atoms with Crippen LogP contribution in [0.4, 0.5) is 0 Å². The maximum Gasteiger partial charge on any atom is 0.219 e. The second-order valence-electron chi connectivity index (χ2n) is 4.84. The Hall–Kier alpha value is -1.71. The second-order valence-corrected chi connectivity index (χ2v) is 4.84. The Balaban J connectivity index is 2.05. The van der Waals surface area contributed by atoms with Gasteiger partial charge >= 0.3 is 0 Å². The third kappa shape index (κ3) is 2.94. The molecule has 18 heavy (non-hydrogen) atoms. The lowest BCUT2D eigenvalue weighted by atomic mass is 9.90. The molecule has 1 aromatic rings. The van der Waals surface area contributed by atoms with E-state index < -0.39 is 0 Å². The lowest BCUT2D eigenvalue weighted by Crippen LogP contribution is -2.26. The van der Waals surface area contributed by atoms with E-state index in [0.29, 0.717) is 11.8 Å². The average Bonchev–Trinajstić information content (AvgIpc) is 2.75. The van der Waals surface area contributed by atoms with Crippen molar-refractivity contribution >= 4 is 5.91 Å². The molecular formula is C14H19N3O. The van der Waals surface area contributed by atoms with E-state index in [1.807, 2.05) is 17.0 Å². The molecule has 1 amide bonds. The topological polar surface area (TPSA) is 46.1 Å². The van der Waals surface area contributed by atoms with Crippen LogP contribution in [-0.2, 0) is 11.2 Å². The first-order valence-corrected chi connectivity index (χ1v) is 6.33. The summed E-state index contributed by atoms with van der Waals surface area (Å²) in [7, 11) is 0. The lowest BCUT2D eigenvalue weighted by molar-refractivity contribution is -0.128. The molecule has 2 atom stereocenters. The molecule has 2 rings (SSSR count). The number of allylic oxidation sites excluding steroid dienone is 1. The minimum Gasteiger partial charge on any atom is -0.342 e. The molecular weight excluding hydrogens is 226 g/mol. The summed E-state index contributed by atoms with van der Waals surface area (Å²) < 4.78 is 0. The Morgan fingerprint density at radius 1 is 1.44 bits per heavy atom. The second kappa shape index (κ2) is 5.76. The van der Waals surface area contributed by atoms with Crippen LogP contribution in [0.15, 0.2) is 31.1 Å². The molecule has 96 valence electrons. The van der Waals surface area contributed by atoms with E-state index >= 15 is 0 Å². The molecule has 4 heteroatoms. The molecule has 1 aliphatic rings. The number of amides is 1. The van der Waals surface area contributed by atoms with E-state index in [-0.39, 0.29) is 5.91 Å². The Kier molecular flexibility index (Phi) is 4.07. The molecule has 0 saturated carbocycles. The SMILES string of the molecule is C=CC[C@H]1CN(C(C)=O)C[C@@H]1Cc1ncccn1. The zero-order valence-electron chi connectivity index (χ0n) is 10.7. The van der Waals surface area contributed by atoms with Gasteiger partial charge in [-0.2, -0.15) is 0 Å². The van der Waals surface area contributed by atoms with Gasteiger partial charge in [0.05, 0.1) is 0 Å². The van der Waals surface area contributed by atoms with Crippen molar-refractivity contribution in [3.63, 3.8) is 0 Å². The quantitative estimate of drug-likeness (QED) is 0.758. The normalized spacial score (nSPS) is 23.1. The van der Waals surface area contributed by atoms with Crippen LogP contribution in [0.2, 0.25) is 0 Å². The molecule has 4 nitrogen and oxygen atoms in total. The number of nitrogens with zero attached hydrogens (tertiary/aromatic N) is 3. The van der Waals surface area contributed by atoms with Crippen molar-refractivity contribution in [2.45, 2.75) is 19.8 Å². The van der Waals surface area contributed by atoms with Crippen LogP contribution in [0.1, 0.15) is 19.2 Å². The average molecular weight is 245 g/mol. The summed E-state index contributed by atoms with van der Waals surface area (Å²) in [5.41, 5.74) is 0. The van der Waals surface area contributed by atoms with Crippen LogP contribution in [-0.4, -0.2) is 33.9 Å². The van der Waals surface area contributed by atoms with E-state index in [4.69, 9.17) is 0 Å². The Morgan fingerprint density at radius 3 is 2.72 bits per heavy atom. The summed E-state index contributed by atoms with van der Waals surface area (Å²) in [4.78, 5) is 21.9. The summed E-state index contributed by atoms with van der Waals surface area (Å²) in [5.74, 6) is 1.94. The van der Waals surface area contributed by atoms with Crippen molar-refractivity contribution in [1.82, 2.24) is 14.9 Å². The number of likely N-dealkylation sites (tertiary alicyclic amines) is 1. The van der Waals surface area contributed by atoms with Crippen LogP contribution in [0.25, 0.3) is 0 Å². The van der Waals surface area contributed by atoms with Crippen molar-refractivity contribution in [3.05, 3.63) is 36.9 Å². The first-order chi connectivity index (χ1) is 8.70. The fourth-order valence-corrected chi connectivity index (χ4v) is 2.58. The highest BCUT2D eigenvalue weighted by atomic mass is 16.2. The largest absolute Gasteiger partial charge is 0.342 e. The highest BCUT2D eigenvalue weighted by Gasteiger charge is 2.33. The van der Waals surface area contributed by atoms with Crippen molar-refractivity contribution in [3.8, 4) is 0 Å². The van der Waals surface area contributed by atoms with Crippen LogP contribution >= 0.6 is 0 Å². The molecule has 0 aliphatic carbocycles. The monoisotopic (exact) mass is 245 g/mol. The van der Waals surface area contributed by atoms with Gasteiger partial charge in [-0.15, -0.1) is 6.58 Å². The summed E-state index contributed by atoms with van der Waals surface area (Å²) >= 11 is 0. The number of carbonyl (C=O) groups is 1. The van der Waals surface area contributed by atoms with E-state index in [1.165, 1.54) is 0 Å². The molecule has 0 aromatic carbocycles. The van der Waals surface area contributed by atoms with Gasteiger partial charge in [0, 0.05) is 38.8 Å². The van der Waals surface area contributed by atoms with Gasteiger partial charge < -0.3 is 4.90 Å². The Morgan fingerprint density at radius 2 is 2.11 bits per heavy atom. The molecule has 0 N–H and O–H groups in total. The summed E-state index contributed by atoms with van der Waals surface area (Å²) in [6.07, 6.45) is 7.25. The molecule has 0 bridgehead atoms. The van der Waals surface area contributed by atoms with Crippen LogP contribution < -0.4 is 0 Å². The predicted molar refractivity (Wildman–Crippen MR) is 69.8 cm³/mol. The fourth-order valence-electron chi connectivity index (χ4n) is 2.58. The molecule has 1 aromatic heterocycles. The third-order valence-electron chi connectivity index (χ3n) is 3.56. The first kappa shape index (κ1) is 12.7. The van der Waals surface area contributed by atoms with Gasteiger partial charge in [0.2, 0.25) is 5.91 Å². The molecule has 0 unspecified atom stereocenters. The molecule has 1 saturated heterocycles. The van der Waals surface area contributed by atoms with Gasteiger partial charge in [-0.05, 0) is 24.3 Å². The minimum atomic E-state index is 0.153. The zero-order chi connectivity index (χ0) is 13.0. The third-order valence-corrected chi connectivity index (χ3v) is 3.56. The van der Waals surface area contributed by atoms with Crippen LogP contribution in [0.5, 0.6) is 0 Å². The van der Waals surface area contributed by atoms with E-state index in [0.717, 1.165) is 31.8 Å². The highest BCUT2D eigenvalue weighted by Crippen LogP contribution is 2.28. The summed E-state index contributed by atoms with van der Waals surface area (Å²) in [6.45, 7) is 7.08. The van der Waals surface area contributed by atoms with Crippen molar-refractivity contribution < 1.29 is 4.79 Å². The number of rotatable bonds is 4. The standard InChI is InChI=1S/C14H19N3O/c1-3-5-12-9-17(11(2)18)10-13(12)8-14-15-6-4-7-16-14/h3-4,6-7,12-13H,1,5,8-10H2,2H3/t12-,13-/m0/s1. The minimum absolute atomic E-state index is 0.153. The highest BCUT2D eigenvalue weighted by molar-refractivity contribution is 5.73. The molecule has 2 heterocycles. The number of hydrogen-bond acceptors (Lipinski definition) is 3.